The van der Waals surface area contributed by atoms with Gasteiger partial charge in [0.15, 0.2) is 10.8 Å². The Balaban J connectivity index is 1.58. The van der Waals surface area contributed by atoms with Gasteiger partial charge in [-0.1, -0.05) is 17.4 Å². The van der Waals surface area contributed by atoms with Crippen LogP contribution in [0.3, 0.4) is 0 Å². The van der Waals surface area contributed by atoms with Crippen LogP contribution in [-0.2, 0) is 11.8 Å². The smallest absolute Gasteiger partial charge is 0.280 e. The molecule has 1 fully saturated rings. The van der Waals surface area contributed by atoms with E-state index in [1.807, 2.05) is 7.05 Å². The van der Waals surface area contributed by atoms with Crippen molar-refractivity contribution in [3.63, 3.8) is 0 Å². The largest absolute Gasteiger partial charge is 0.379 e. The summed E-state index contributed by atoms with van der Waals surface area (Å²) in [5.41, 5.74) is 3.82. The van der Waals surface area contributed by atoms with Gasteiger partial charge in [0, 0.05) is 39.4 Å². The number of rotatable bonds is 6. The molecule has 0 spiro atoms. The van der Waals surface area contributed by atoms with Crippen molar-refractivity contribution >= 4 is 32.6 Å². The Labute approximate surface area is 174 Å². The van der Waals surface area contributed by atoms with E-state index in [2.05, 4.69) is 36.0 Å². The minimum Gasteiger partial charge on any atom is -0.379 e. The molecule has 1 aromatic carbocycles. The highest BCUT2D eigenvalue weighted by molar-refractivity contribution is 7.22. The third-order valence-electron chi connectivity index (χ3n) is 5.44. The van der Waals surface area contributed by atoms with E-state index in [0.717, 1.165) is 54.6 Å². The van der Waals surface area contributed by atoms with Gasteiger partial charge in [-0.25, -0.2) is 4.98 Å². The van der Waals surface area contributed by atoms with E-state index in [4.69, 9.17) is 9.72 Å². The Morgan fingerprint density at radius 2 is 2.03 bits per heavy atom. The molecule has 0 N–H and O–H groups in total. The summed E-state index contributed by atoms with van der Waals surface area (Å²) in [6.07, 6.45) is 2.68. The predicted octanol–water partition coefficient (Wildman–Crippen LogP) is 3.02. The number of aromatic nitrogens is 3. The molecule has 7 nitrogen and oxygen atoms in total. The Kier molecular flexibility index (Phi) is 5.94. The van der Waals surface area contributed by atoms with Gasteiger partial charge in [0.25, 0.3) is 5.91 Å². The number of amides is 1. The molecule has 1 aliphatic rings. The lowest BCUT2D eigenvalue weighted by Gasteiger charge is -2.27. The zero-order chi connectivity index (χ0) is 20.4. The summed E-state index contributed by atoms with van der Waals surface area (Å²) in [5, 5.41) is 5.06. The number of carbonyl (C=O) groups excluding carboxylic acids is 1. The molecule has 3 aromatic rings. The monoisotopic (exact) mass is 413 g/mol. The number of ether oxygens (including phenoxy) is 1. The molecule has 1 aliphatic heterocycles. The number of nitrogens with zero attached hydrogens (tertiary/aromatic N) is 5. The number of fused-ring (bicyclic) bond motifs is 1. The van der Waals surface area contributed by atoms with Gasteiger partial charge in [-0.15, -0.1) is 0 Å². The number of hydrogen-bond acceptors (Lipinski definition) is 6. The highest BCUT2D eigenvalue weighted by atomic mass is 32.1. The van der Waals surface area contributed by atoms with Gasteiger partial charge in [-0.2, -0.15) is 5.10 Å². The quantitative estimate of drug-likeness (QED) is 0.622. The second kappa shape index (κ2) is 8.61. The van der Waals surface area contributed by atoms with Crippen molar-refractivity contribution in [3.8, 4) is 0 Å². The second-order valence-electron chi connectivity index (χ2n) is 7.49. The summed E-state index contributed by atoms with van der Waals surface area (Å²) in [7, 11) is 1.82. The first-order valence-corrected chi connectivity index (χ1v) is 10.8. The molecule has 0 unspecified atom stereocenters. The summed E-state index contributed by atoms with van der Waals surface area (Å²) in [6, 6.07) is 5.97. The van der Waals surface area contributed by atoms with E-state index in [9.17, 15) is 4.79 Å². The first-order valence-electron chi connectivity index (χ1n) is 10.0. The maximum atomic E-state index is 13.3. The Morgan fingerprint density at radius 1 is 1.24 bits per heavy atom. The predicted molar refractivity (Wildman–Crippen MR) is 116 cm³/mol. The molecule has 0 aliphatic carbocycles. The molecule has 29 heavy (non-hydrogen) atoms. The van der Waals surface area contributed by atoms with Crippen LogP contribution in [0.5, 0.6) is 0 Å². The van der Waals surface area contributed by atoms with E-state index in [1.54, 1.807) is 33.2 Å². The maximum absolute atomic E-state index is 13.3. The number of benzene rings is 1. The van der Waals surface area contributed by atoms with Crippen LogP contribution in [0.1, 0.15) is 28.0 Å². The van der Waals surface area contributed by atoms with Crippen molar-refractivity contribution in [1.82, 2.24) is 19.7 Å². The summed E-state index contributed by atoms with van der Waals surface area (Å²) in [5.74, 6) is -0.0963. The summed E-state index contributed by atoms with van der Waals surface area (Å²) < 4.78 is 8.19. The van der Waals surface area contributed by atoms with E-state index in [0.29, 0.717) is 12.2 Å². The van der Waals surface area contributed by atoms with Crippen molar-refractivity contribution in [2.24, 2.45) is 7.05 Å². The van der Waals surface area contributed by atoms with Crippen molar-refractivity contribution < 1.29 is 9.53 Å². The molecule has 1 saturated heterocycles. The average molecular weight is 414 g/mol. The fourth-order valence-corrected chi connectivity index (χ4v) is 4.61. The molecular weight excluding hydrogens is 386 g/mol. The first kappa shape index (κ1) is 20.0. The van der Waals surface area contributed by atoms with Crippen LogP contribution in [0.4, 0.5) is 5.13 Å². The number of anilines is 1. The van der Waals surface area contributed by atoms with E-state index < -0.39 is 0 Å². The van der Waals surface area contributed by atoms with Gasteiger partial charge in [0.1, 0.15) is 0 Å². The van der Waals surface area contributed by atoms with Crippen LogP contribution < -0.4 is 4.90 Å². The summed E-state index contributed by atoms with van der Waals surface area (Å²) >= 11 is 1.57. The van der Waals surface area contributed by atoms with Gasteiger partial charge in [0.2, 0.25) is 0 Å². The number of morpholine rings is 1. The zero-order valence-electron chi connectivity index (χ0n) is 17.2. The minimum atomic E-state index is -0.0963. The normalized spacial score (nSPS) is 15.1. The molecule has 0 atom stereocenters. The molecule has 4 rings (SSSR count). The number of aryl methyl sites for hydroxylation is 3. The SMILES string of the molecule is Cc1ccc2sc(N(CCCN3CCOCC3)C(=O)c3ccn(C)n3)nc2c1C. The highest BCUT2D eigenvalue weighted by Gasteiger charge is 2.24. The van der Waals surface area contributed by atoms with E-state index in [-0.39, 0.29) is 5.91 Å². The van der Waals surface area contributed by atoms with Crippen LogP contribution in [0.2, 0.25) is 0 Å². The van der Waals surface area contributed by atoms with Crippen LogP contribution >= 0.6 is 11.3 Å². The molecular formula is C21H27N5O2S. The second-order valence-corrected chi connectivity index (χ2v) is 8.50. The minimum absolute atomic E-state index is 0.0963. The maximum Gasteiger partial charge on any atom is 0.280 e. The molecule has 0 bridgehead atoms. The van der Waals surface area contributed by atoms with Crippen LogP contribution in [-0.4, -0.2) is 65.0 Å². The molecule has 0 radical (unpaired) electrons. The third-order valence-corrected chi connectivity index (χ3v) is 6.49. The molecule has 3 heterocycles. The van der Waals surface area contributed by atoms with Crippen LogP contribution in [0, 0.1) is 13.8 Å². The van der Waals surface area contributed by atoms with Crippen molar-refractivity contribution in [2.75, 3.05) is 44.3 Å². The fourth-order valence-electron chi connectivity index (χ4n) is 3.56. The lowest BCUT2D eigenvalue weighted by atomic mass is 10.1. The van der Waals surface area contributed by atoms with Gasteiger partial charge in [0.05, 0.1) is 23.4 Å². The highest BCUT2D eigenvalue weighted by Crippen LogP contribution is 2.32. The van der Waals surface area contributed by atoms with E-state index >= 15 is 0 Å². The van der Waals surface area contributed by atoms with Gasteiger partial charge in [-0.05, 0) is 43.5 Å². The Morgan fingerprint density at radius 3 is 2.76 bits per heavy atom. The molecule has 1 amide bonds. The van der Waals surface area contributed by atoms with Crippen molar-refractivity contribution in [3.05, 3.63) is 41.2 Å². The molecule has 2 aromatic heterocycles. The van der Waals surface area contributed by atoms with Crippen LogP contribution in [0.25, 0.3) is 10.2 Å². The van der Waals surface area contributed by atoms with Gasteiger partial charge >= 0.3 is 0 Å². The van der Waals surface area contributed by atoms with Crippen molar-refractivity contribution in [2.45, 2.75) is 20.3 Å². The number of hydrogen-bond donors (Lipinski definition) is 0. The standard InChI is InChI=1S/C21H27N5O2S/c1-15-5-6-18-19(16(15)2)22-21(29-18)26(20(27)17-7-10-24(3)23-17)9-4-8-25-11-13-28-14-12-25/h5-7,10H,4,8-9,11-14H2,1-3H3. The number of thiazole rings is 1. The molecule has 154 valence electrons. The third kappa shape index (κ3) is 4.34. The summed E-state index contributed by atoms with van der Waals surface area (Å²) in [4.78, 5) is 22.3. The summed E-state index contributed by atoms with van der Waals surface area (Å²) in [6.45, 7) is 9.21. The fraction of sp³-hybridized carbons (Fsp3) is 0.476. The number of carbonyl (C=O) groups is 1. The average Bonchev–Trinajstić information content (AvgIpc) is 3.35. The van der Waals surface area contributed by atoms with E-state index in [1.165, 1.54) is 11.1 Å². The Hall–Kier alpha value is -2.29. The lowest BCUT2D eigenvalue weighted by Crippen LogP contribution is -2.39. The first-order chi connectivity index (χ1) is 14.0. The van der Waals surface area contributed by atoms with Crippen molar-refractivity contribution in [1.29, 1.82) is 0 Å². The zero-order valence-corrected chi connectivity index (χ0v) is 18.0. The lowest BCUT2D eigenvalue weighted by molar-refractivity contribution is 0.0376. The van der Waals surface area contributed by atoms with Gasteiger partial charge < -0.3 is 4.74 Å². The van der Waals surface area contributed by atoms with Crippen LogP contribution in [0.15, 0.2) is 24.4 Å². The topological polar surface area (TPSA) is 63.5 Å². The van der Waals surface area contributed by atoms with Gasteiger partial charge in [-0.3, -0.25) is 19.3 Å². The Bertz CT molecular complexity index is 1010. The molecule has 8 heteroatoms. The molecule has 0 saturated carbocycles.